The van der Waals surface area contributed by atoms with E-state index < -0.39 is 10.0 Å². The van der Waals surface area contributed by atoms with Gasteiger partial charge in [0, 0.05) is 17.8 Å². The Morgan fingerprint density at radius 3 is 2.12 bits per heavy atom. The van der Waals surface area contributed by atoms with E-state index in [9.17, 15) is 8.42 Å². The summed E-state index contributed by atoms with van der Waals surface area (Å²) in [4.78, 5) is 0.285. The van der Waals surface area contributed by atoms with Gasteiger partial charge in [-0.1, -0.05) is 56.7 Å². The molecule has 0 saturated heterocycles. The van der Waals surface area contributed by atoms with E-state index in [-0.39, 0.29) is 22.4 Å². The Labute approximate surface area is 158 Å². The fraction of sp³-hybridized carbons (Fsp3) is 0.429. The van der Waals surface area contributed by atoms with Crippen LogP contribution in [0.5, 0.6) is 0 Å². The highest BCUT2D eigenvalue weighted by atomic mass is 32.2. The molecule has 2 unspecified atom stereocenters. The number of nitrogens with one attached hydrogen (secondary N) is 2. The second-order valence-electron chi connectivity index (χ2n) is 8.03. The van der Waals surface area contributed by atoms with Gasteiger partial charge in [0.15, 0.2) is 0 Å². The molecular formula is C21H30N2O2S. The van der Waals surface area contributed by atoms with Crippen molar-refractivity contribution in [3.63, 3.8) is 0 Å². The van der Waals surface area contributed by atoms with Crippen molar-refractivity contribution in [2.24, 2.45) is 5.41 Å². The summed E-state index contributed by atoms with van der Waals surface area (Å²) in [6, 6.07) is 14.4. The minimum Gasteiger partial charge on any atom is -0.381 e. The molecule has 2 aromatic rings. The third kappa shape index (κ3) is 5.08. The van der Waals surface area contributed by atoms with E-state index in [0.29, 0.717) is 0 Å². The number of sulfonamides is 1. The fourth-order valence-corrected chi connectivity index (χ4v) is 4.71. The predicted octanol–water partition coefficient (Wildman–Crippen LogP) is 4.50. The van der Waals surface area contributed by atoms with Gasteiger partial charge >= 0.3 is 0 Å². The van der Waals surface area contributed by atoms with Crippen LogP contribution in [0.4, 0.5) is 5.69 Å². The Morgan fingerprint density at radius 1 is 0.962 bits per heavy atom. The number of hydrogen-bond donors (Lipinski definition) is 2. The maximum Gasteiger partial charge on any atom is 0.240 e. The lowest BCUT2D eigenvalue weighted by atomic mass is 9.83. The average molecular weight is 375 g/mol. The topological polar surface area (TPSA) is 58.2 Å². The molecule has 2 aromatic carbocycles. The van der Waals surface area contributed by atoms with Crippen molar-refractivity contribution >= 4 is 15.7 Å². The standard InChI is InChI=1S/C21H30N2O2S/c1-15-12-13-19(16(2)14-15)22-17(3)20(21(4,5)6)23-26(24,25)18-10-8-7-9-11-18/h7-14,17,20,22-23H,1-6H3. The Morgan fingerprint density at radius 2 is 1.58 bits per heavy atom. The largest absolute Gasteiger partial charge is 0.381 e. The highest BCUT2D eigenvalue weighted by Crippen LogP contribution is 2.27. The summed E-state index contributed by atoms with van der Waals surface area (Å²) in [5, 5.41) is 3.49. The molecule has 0 aromatic heterocycles. The van der Waals surface area contributed by atoms with E-state index in [4.69, 9.17) is 0 Å². The van der Waals surface area contributed by atoms with E-state index in [1.54, 1.807) is 24.3 Å². The number of rotatable bonds is 6. The van der Waals surface area contributed by atoms with Crippen molar-refractivity contribution in [1.29, 1.82) is 0 Å². The normalized spacial score (nSPS) is 14.7. The molecule has 0 fully saturated rings. The number of anilines is 1. The third-order valence-electron chi connectivity index (χ3n) is 4.53. The molecule has 0 radical (unpaired) electrons. The van der Waals surface area contributed by atoms with Crippen LogP contribution in [-0.4, -0.2) is 20.5 Å². The number of benzene rings is 2. The second-order valence-corrected chi connectivity index (χ2v) is 9.74. The zero-order chi connectivity index (χ0) is 19.5. The minimum absolute atomic E-state index is 0.0881. The molecule has 0 aliphatic heterocycles. The molecule has 26 heavy (non-hydrogen) atoms. The summed E-state index contributed by atoms with van der Waals surface area (Å²) in [5.41, 5.74) is 3.12. The van der Waals surface area contributed by atoms with Crippen molar-refractivity contribution in [2.45, 2.75) is 58.5 Å². The van der Waals surface area contributed by atoms with Crippen molar-refractivity contribution in [1.82, 2.24) is 4.72 Å². The molecule has 2 atom stereocenters. The van der Waals surface area contributed by atoms with Crippen LogP contribution in [0.3, 0.4) is 0 Å². The molecule has 2 N–H and O–H groups in total. The van der Waals surface area contributed by atoms with Crippen molar-refractivity contribution in [3.05, 3.63) is 59.7 Å². The molecule has 142 valence electrons. The lowest BCUT2D eigenvalue weighted by Gasteiger charge is -2.37. The summed E-state index contributed by atoms with van der Waals surface area (Å²) >= 11 is 0. The van der Waals surface area contributed by atoms with Crippen molar-refractivity contribution < 1.29 is 8.42 Å². The smallest absolute Gasteiger partial charge is 0.240 e. The van der Waals surface area contributed by atoms with E-state index in [0.717, 1.165) is 11.3 Å². The van der Waals surface area contributed by atoms with Gasteiger partial charge in [-0.15, -0.1) is 0 Å². The van der Waals surface area contributed by atoms with Gasteiger partial charge in [0.25, 0.3) is 0 Å². The van der Waals surface area contributed by atoms with Crippen LogP contribution in [0.2, 0.25) is 0 Å². The third-order valence-corrected chi connectivity index (χ3v) is 5.99. The van der Waals surface area contributed by atoms with Gasteiger partial charge in [-0.25, -0.2) is 13.1 Å². The van der Waals surface area contributed by atoms with Crippen molar-refractivity contribution in [2.75, 3.05) is 5.32 Å². The van der Waals surface area contributed by atoms with Crippen LogP contribution in [0, 0.1) is 19.3 Å². The molecule has 0 aliphatic rings. The van der Waals surface area contributed by atoms with Crippen LogP contribution < -0.4 is 10.0 Å². The molecule has 0 amide bonds. The predicted molar refractivity (Wildman–Crippen MR) is 109 cm³/mol. The first-order chi connectivity index (χ1) is 12.0. The quantitative estimate of drug-likeness (QED) is 0.783. The Balaban J connectivity index is 2.27. The molecule has 0 bridgehead atoms. The zero-order valence-electron chi connectivity index (χ0n) is 16.5. The lowest BCUT2D eigenvalue weighted by molar-refractivity contribution is 0.277. The second kappa shape index (κ2) is 7.80. The first-order valence-electron chi connectivity index (χ1n) is 8.92. The molecule has 0 spiro atoms. The van der Waals surface area contributed by atoms with Crippen LogP contribution in [0.1, 0.15) is 38.8 Å². The molecular weight excluding hydrogens is 344 g/mol. The van der Waals surface area contributed by atoms with E-state index in [1.807, 2.05) is 39.8 Å². The van der Waals surface area contributed by atoms with Gasteiger partial charge in [0.05, 0.1) is 4.90 Å². The Hall–Kier alpha value is -1.85. The Bertz CT molecular complexity index is 840. The number of hydrogen-bond acceptors (Lipinski definition) is 3. The van der Waals surface area contributed by atoms with Gasteiger partial charge in [0.2, 0.25) is 10.0 Å². The van der Waals surface area contributed by atoms with Crippen LogP contribution in [0.15, 0.2) is 53.4 Å². The first-order valence-corrected chi connectivity index (χ1v) is 10.4. The maximum atomic E-state index is 12.8. The molecule has 0 heterocycles. The molecule has 0 saturated carbocycles. The lowest BCUT2D eigenvalue weighted by Crippen LogP contribution is -2.52. The summed E-state index contributed by atoms with van der Waals surface area (Å²) < 4.78 is 28.5. The van der Waals surface area contributed by atoms with Gasteiger partial charge in [0.1, 0.15) is 0 Å². The summed E-state index contributed by atoms with van der Waals surface area (Å²) in [6.45, 7) is 12.3. The first kappa shape index (κ1) is 20.5. The average Bonchev–Trinajstić information content (AvgIpc) is 2.55. The van der Waals surface area contributed by atoms with E-state index in [1.165, 1.54) is 5.56 Å². The number of aryl methyl sites for hydroxylation is 2. The molecule has 5 heteroatoms. The van der Waals surface area contributed by atoms with Gasteiger partial charge in [-0.2, -0.15) is 0 Å². The molecule has 4 nitrogen and oxygen atoms in total. The monoisotopic (exact) mass is 374 g/mol. The highest BCUT2D eigenvalue weighted by Gasteiger charge is 2.34. The summed E-state index contributed by atoms with van der Waals surface area (Å²) in [5.74, 6) is 0. The molecule has 0 aliphatic carbocycles. The highest BCUT2D eigenvalue weighted by molar-refractivity contribution is 7.89. The van der Waals surface area contributed by atoms with E-state index >= 15 is 0 Å². The Kier molecular flexibility index (Phi) is 6.14. The fourth-order valence-electron chi connectivity index (χ4n) is 3.17. The zero-order valence-corrected chi connectivity index (χ0v) is 17.3. The van der Waals surface area contributed by atoms with Crippen molar-refractivity contribution in [3.8, 4) is 0 Å². The van der Waals surface area contributed by atoms with Crippen LogP contribution in [-0.2, 0) is 10.0 Å². The van der Waals surface area contributed by atoms with E-state index in [2.05, 4.69) is 36.0 Å². The van der Waals surface area contributed by atoms with Crippen LogP contribution in [0.25, 0.3) is 0 Å². The summed E-state index contributed by atoms with van der Waals surface area (Å²) in [6.07, 6.45) is 0. The SMILES string of the molecule is Cc1ccc(NC(C)C(NS(=O)(=O)c2ccccc2)C(C)(C)C)c(C)c1. The van der Waals surface area contributed by atoms with Gasteiger partial charge in [-0.3, -0.25) is 0 Å². The van der Waals surface area contributed by atoms with Gasteiger partial charge < -0.3 is 5.32 Å². The minimum atomic E-state index is -3.59. The van der Waals surface area contributed by atoms with Gasteiger partial charge in [-0.05, 0) is 49.9 Å². The summed E-state index contributed by atoms with van der Waals surface area (Å²) in [7, 11) is -3.59. The molecule has 2 rings (SSSR count). The van der Waals surface area contributed by atoms with Crippen LogP contribution >= 0.6 is 0 Å². The maximum absolute atomic E-state index is 12.8.